The lowest BCUT2D eigenvalue weighted by molar-refractivity contribution is -0.119. The highest BCUT2D eigenvalue weighted by Crippen LogP contribution is 2.27. The Kier molecular flexibility index (Phi) is 6.19. The van der Waals surface area contributed by atoms with Crippen molar-refractivity contribution >= 4 is 54.5 Å². The lowest BCUT2D eigenvalue weighted by Gasteiger charge is -2.22. The largest absolute Gasteiger partial charge is 0.507 e. The number of phenolic OH excluding ortho intramolecular Hbond substituents is 1. The highest BCUT2D eigenvalue weighted by Gasteiger charge is 2.22. The number of aromatic hydroxyl groups is 1. The molecule has 0 radical (unpaired) electrons. The normalized spacial score (nSPS) is 11.7. The van der Waals surface area contributed by atoms with Crippen LogP contribution in [0.4, 0.5) is 5.69 Å². The molecular formula is C20H18BrN3O4S. The molecule has 7 nitrogen and oxygen atoms in total. The number of amides is 1. The number of para-hydroxylation sites is 1. The molecule has 1 amide bonds. The van der Waals surface area contributed by atoms with Crippen molar-refractivity contribution in [3.8, 4) is 5.75 Å². The van der Waals surface area contributed by atoms with Gasteiger partial charge in [-0.15, -0.1) is 0 Å². The zero-order valence-corrected chi connectivity index (χ0v) is 17.8. The van der Waals surface area contributed by atoms with Gasteiger partial charge in [0.05, 0.1) is 18.2 Å². The smallest absolute Gasteiger partial charge is 0.260 e. The van der Waals surface area contributed by atoms with Crippen LogP contribution >= 0.6 is 15.9 Å². The zero-order valence-electron chi connectivity index (χ0n) is 15.4. The molecule has 150 valence electrons. The fraction of sp³-hybridized carbons (Fsp3) is 0.100. The van der Waals surface area contributed by atoms with E-state index in [-0.39, 0.29) is 5.75 Å². The Balaban J connectivity index is 1.79. The number of hydrogen-bond donors (Lipinski definition) is 2. The van der Waals surface area contributed by atoms with Gasteiger partial charge in [-0.25, -0.2) is 13.8 Å². The number of halogens is 1. The van der Waals surface area contributed by atoms with E-state index in [4.69, 9.17) is 0 Å². The van der Waals surface area contributed by atoms with E-state index in [0.29, 0.717) is 15.7 Å². The van der Waals surface area contributed by atoms with Crippen molar-refractivity contribution in [2.75, 3.05) is 17.1 Å². The molecule has 0 spiro atoms. The lowest BCUT2D eigenvalue weighted by Crippen LogP contribution is -2.39. The summed E-state index contributed by atoms with van der Waals surface area (Å²) < 4.78 is 25.8. The quantitative estimate of drug-likeness (QED) is 0.422. The molecule has 0 saturated carbocycles. The van der Waals surface area contributed by atoms with Crippen molar-refractivity contribution in [2.24, 2.45) is 5.10 Å². The van der Waals surface area contributed by atoms with Crippen molar-refractivity contribution in [1.29, 1.82) is 0 Å². The van der Waals surface area contributed by atoms with Crippen molar-refractivity contribution in [2.45, 2.75) is 0 Å². The lowest BCUT2D eigenvalue weighted by atomic mass is 10.0. The molecule has 0 heterocycles. The van der Waals surface area contributed by atoms with E-state index < -0.39 is 22.5 Å². The average Bonchev–Trinajstić information content (AvgIpc) is 2.68. The minimum atomic E-state index is -3.70. The van der Waals surface area contributed by atoms with Gasteiger partial charge in [-0.2, -0.15) is 5.10 Å². The Morgan fingerprint density at radius 3 is 2.55 bits per heavy atom. The minimum absolute atomic E-state index is 0.0210. The van der Waals surface area contributed by atoms with Crippen LogP contribution in [0.25, 0.3) is 10.8 Å². The molecule has 3 aromatic rings. The molecule has 0 unspecified atom stereocenters. The summed E-state index contributed by atoms with van der Waals surface area (Å²) in [7, 11) is -3.70. The van der Waals surface area contributed by atoms with Gasteiger partial charge in [0, 0.05) is 10.0 Å². The SMILES string of the molecule is CS(=O)(=O)N(CC(=O)N/N=C\c1c(O)ccc2ccccc12)c1ccccc1Br. The topological polar surface area (TPSA) is 99.1 Å². The summed E-state index contributed by atoms with van der Waals surface area (Å²) in [6.45, 7) is -0.444. The van der Waals surface area contributed by atoms with E-state index in [9.17, 15) is 18.3 Å². The molecule has 0 bridgehead atoms. The maximum absolute atomic E-state index is 12.3. The third-order valence-corrected chi connectivity index (χ3v) is 5.94. The Bertz CT molecular complexity index is 1200. The second-order valence-electron chi connectivity index (χ2n) is 6.23. The van der Waals surface area contributed by atoms with Crippen LogP contribution in [0.5, 0.6) is 5.75 Å². The fourth-order valence-electron chi connectivity index (χ4n) is 2.79. The minimum Gasteiger partial charge on any atom is -0.507 e. The Labute approximate surface area is 176 Å². The van der Waals surface area contributed by atoms with E-state index in [2.05, 4.69) is 26.5 Å². The maximum Gasteiger partial charge on any atom is 0.260 e. The van der Waals surface area contributed by atoms with Gasteiger partial charge in [0.15, 0.2) is 0 Å². The zero-order chi connectivity index (χ0) is 21.0. The van der Waals surface area contributed by atoms with Crippen LogP contribution in [0.1, 0.15) is 5.56 Å². The molecular weight excluding hydrogens is 458 g/mol. The number of nitrogens with one attached hydrogen (secondary N) is 1. The van der Waals surface area contributed by atoms with Gasteiger partial charge < -0.3 is 5.11 Å². The number of hydrazone groups is 1. The number of benzene rings is 3. The van der Waals surface area contributed by atoms with Gasteiger partial charge in [-0.3, -0.25) is 9.10 Å². The number of rotatable bonds is 6. The first-order valence-electron chi connectivity index (χ1n) is 8.52. The monoisotopic (exact) mass is 475 g/mol. The number of fused-ring (bicyclic) bond motifs is 1. The third-order valence-electron chi connectivity index (χ3n) is 4.14. The van der Waals surface area contributed by atoms with Gasteiger partial charge >= 0.3 is 0 Å². The van der Waals surface area contributed by atoms with Crippen LogP contribution in [0.3, 0.4) is 0 Å². The fourth-order valence-corrected chi connectivity index (χ4v) is 4.27. The number of sulfonamides is 1. The first-order valence-corrected chi connectivity index (χ1v) is 11.2. The number of carbonyl (C=O) groups is 1. The van der Waals surface area contributed by atoms with Crippen molar-refractivity contribution in [3.05, 3.63) is 70.7 Å². The highest BCUT2D eigenvalue weighted by molar-refractivity contribution is 9.10. The van der Waals surface area contributed by atoms with E-state index in [1.165, 1.54) is 6.21 Å². The van der Waals surface area contributed by atoms with Gasteiger partial charge in [0.1, 0.15) is 12.3 Å². The van der Waals surface area contributed by atoms with Crippen molar-refractivity contribution in [3.63, 3.8) is 0 Å². The Morgan fingerprint density at radius 2 is 1.83 bits per heavy atom. The molecule has 0 saturated heterocycles. The first kappa shape index (κ1) is 20.8. The average molecular weight is 476 g/mol. The van der Waals surface area contributed by atoms with Gasteiger partial charge in [-0.1, -0.05) is 42.5 Å². The van der Waals surface area contributed by atoms with Crippen molar-refractivity contribution < 1.29 is 18.3 Å². The van der Waals surface area contributed by atoms with Crippen LogP contribution < -0.4 is 9.73 Å². The van der Waals surface area contributed by atoms with Crippen LogP contribution in [-0.4, -0.2) is 38.4 Å². The standard InChI is InChI=1S/C20H18BrN3O4S/c1-29(27,28)24(18-9-5-4-8-17(18)21)13-20(26)23-22-12-16-15-7-3-2-6-14(15)10-11-19(16)25/h2-12,25H,13H2,1H3,(H,23,26)/b22-12-. The summed E-state index contributed by atoms with van der Waals surface area (Å²) in [6, 6.07) is 17.5. The van der Waals surface area contributed by atoms with Gasteiger partial charge in [-0.05, 0) is 44.9 Å². The predicted molar refractivity (Wildman–Crippen MR) is 118 cm³/mol. The molecule has 3 aromatic carbocycles. The molecule has 0 aliphatic rings. The Hall–Kier alpha value is -2.91. The van der Waals surface area contributed by atoms with Crippen molar-refractivity contribution in [1.82, 2.24) is 5.43 Å². The summed E-state index contributed by atoms with van der Waals surface area (Å²) in [5.41, 5.74) is 3.11. The van der Waals surface area contributed by atoms with Gasteiger partial charge in [0.25, 0.3) is 5.91 Å². The summed E-state index contributed by atoms with van der Waals surface area (Å²) in [5, 5.41) is 15.7. The molecule has 3 rings (SSSR count). The molecule has 29 heavy (non-hydrogen) atoms. The van der Waals surface area contributed by atoms with Gasteiger partial charge in [0.2, 0.25) is 10.0 Å². The molecule has 0 aliphatic heterocycles. The maximum atomic E-state index is 12.3. The number of nitrogens with zero attached hydrogens (tertiary/aromatic N) is 2. The number of phenols is 1. The Morgan fingerprint density at radius 1 is 1.14 bits per heavy atom. The van der Waals surface area contributed by atoms with E-state index in [1.54, 1.807) is 36.4 Å². The van der Waals surface area contributed by atoms with Crippen LogP contribution in [0.2, 0.25) is 0 Å². The molecule has 0 atom stereocenters. The number of carbonyl (C=O) groups excluding carboxylic acids is 1. The molecule has 0 fully saturated rings. The second kappa shape index (κ2) is 8.62. The summed E-state index contributed by atoms with van der Waals surface area (Å²) in [6.07, 6.45) is 2.36. The van der Waals surface area contributed by atoms with E-state index in [0.717, 1.165) is 21.3 Å². The molecule has 0 aromatic heterocycles. The molecule has 9 heteroatoms. The van der Waals surface area contributed by atoms with E-state index >= 15 is 0 Å². The highest BCUT2D eigenvalue weighted by atomic mass is 79.9. The first-order chi connectivity index (χ1) is 13.8. The number of anilines is 1. The number of hydrogen-bond acceptors (Lipinski definition) is 5. The van der Waals surface area contributed by atoms with Crippen LogP contribution in [-0.2, 0) is 14.8 Å². The third kappa shape index (κ3) is 4.93. The van der Waals surface area contributed by atoms with E-state index in [1.807, 2.05) is 24.3 Å². The summed E-state index contributed by atoms with van der Waals surface area (Å²) in [5.74, 6) is -0.602. The second-order valence-corrected chi connectivity index (χ2v) is 8.99. The van der Waals surface area contributed by atoms with Crippen LogP contribution in [0, 0.1) is 0 Å². The summed E-state index contributed by atoms with van der Waals surface area (Å²) >= 11 is 3.30. The van der Waals surface area contributed by atoms with Crippen LogP contribution in [0.15, 0.2) is 70.2 Å². The predicted octanol–water partition coefficient (Wildman–Crippen LogP) is 3.22. The summed E-state index contributed by atoms with van der Waals surface area (Å²) in [4.78, 5) is 12.3. The molecule has 2 N–H and O–H groups in total. The molecule has 0 aliphatic carbocycles.